The lowest BCUT2D eigenvalue weighted by Crippen LogP contribution is -2.23. The Hall–Kier alpha value is -0.980. The van der Waals surface area contributed by atoms with Gasteiger partial charge in [-0.05, 0) is 51.8 Å². The van der Waals surface area contributed by atoms with E-state index in [9.17, 15) is 0 Å². The molecule has 0 saturated heterocycles. The van der Waals surface area contributed by atoms with Gasteiger partial charge in [0, 0.05) is 0 Å². The van der Waals surface area contributed by atoms with Crippen LogP contribution in [0, 0.1) is 13.8 Å². The molecule has 0 unspecified atom stereocenters. The van der Waals surface area contributed by atoms with E-state index in [1.54, 1.807) is 0 Å². The first kappa shape index (κ1) is 14.0. The van der Waals surface area contributed by atoms with Gasteiger partial charge in [0.15, 0.2) is 0 Å². The van der Waals surface area contributed by atoms with Gasteiger partial charge in [-0.2, -0.15) is 0 Å². The predicted octanol–water partition coefficient (Wildman–Crippen LogP) is 4.51. The second-order valence-electron chi connectivity index (χ2n) is 4.41. The summed E-state index contributed by atoms with van der Waals surface area (Å²) in [5.74, 6) is 0.993. The van der Waals surface area contributed by atoms with E-state index < -0.39 is 0 Å². The van der Waals surface area contributed by atoms with Gasteiger partial charge in [-0.1, -0.05) is 26.0 Å². The van der Waals surface area contributed by atoms with Crippen molar-refractivity contribution < 1.29 is 4.74 Å². The first-order chi connectivity index (χ1) is 6.90. The molecule has 0 atom stereocenters. The van der Waals surface area contributed by atoms with Crippen LogP contribution in [0.25, 0.3) is 0 Å². The van der Waals surface area contributed by atoms with Gasteiger partial charge in [0.05, 0.1) is 0 Å². The van der Waals surface area contributed by atoms with Crippen LogP contribution in [0.4, 0.5) is 0 Å². The van der Waals surface area contributed by atoms with E-state index in [2.05, 4.69) is 40.7 Å². The Morgan fingerprint density at radius 1 is 1.00 bits per heavy atom. The maximum absolute atomic E-state index is 5.81. The smallest absolute Gasteiger partial charge is 0.123 e. The highest BCUT2D eigenvalue weighted by atomic mass is 16.5. The van der Waals surface area contributed by atoms with Gasteiger partial charge >= 0.3 is 0 Å². The highest BCUT2D eigenvalue weighted by Gasteiger charge is 2.13. The third-order valence-corrected chi connectivity index (χ3v) is 1.97. The lowest BCUT2D eigenvalue weighted by atomic mass is 10.1. The second kappa shape index (κ2) is 5.79. The average molecular weight is 208 g/mol. The van der Waals surface area contributed by atoms with Gasteiger partial charge in [-0.3, -0.25) is 0 Å². The molecule has 0 bridgehead atoms. The molecule has 0 radical (unpaired) electrons. The summed E-state index contributed by atoms with van der Waals surface area (Å²) >= 11 is 0. The monoisotopic (exact) mass is 208 g/mol. The molecule has 0 spiro atoms. The van der Waals surface area contributed by atoms with Gasteiger partial charge in [0.1, 0.15) is 11.4 Å². The molecule has 0 heterocycles. The molecule has 0 aliphatic heterocycles. The Morgan fingerprint density at radius 2 is 1.53 bits per heavy atom. The number of hydrogen-bond acceptors (Lipinski definition) is 1. The molecule has 0 saturated carbocycles. The fraction of sp³-hybridized carbons (Fsp3) is 0.571. The minimum Gasteiger partial charge on any atom is -0.488 e. The molecule has 0 aromatic heterocycles. The molecule has 0 fully saturated rings. The molecular formula is C14H24O. The summed E-state index contributed by atoms with van der Waals surface area (Å²) in [6, 6.07) is 6.15. The zero-order chi connectivity index (χ0) is 12.1. The van der Waals surface area contributed by atoms with Crippen LogP contribution in [-0.2, 0) is 0 Å². The lowest BCUT2D eigenvalue weighted by Gasteiger charge is -2.23. The Balaban J connectivity index is 0.000000921. The van der Waals surface area contributed by atoms with Crippen molar-refractivity contribution >= 4 is 0 Å². The van der Waals surface area contributed by atoms with Crippen molar-refractivity contribution in [2.75, 3.05) is 0 Å². The van der Waals surface area contributed by atoms with Crippen LogP contribution in [0.3, 0.4) is 0 Å². The van der Waals surface area contributed by atoms with Gasteiger partial charge in [0.25, 0.3) is 0 Å². The largest absolute Gasteiger partial charge is 0.488 e. The van der Waals surface area contributed by atoms with E-state index in [4.69, 9.17) is 4.74 Å². The molecule has 1 nitrogen and oxygen atoms in total. The molecule has 1 heteroatoms. The van der Waals surface area contributed by atoms with Crippen LogP contribution in [0.15, 0.2) is 18.2 Å². The van der Waals surface area contributed by atoms with Gasteiger partial charge in [-0.15, -0.1) is 0 Å². The predicted molar refractivity (Wildman–Crippen MR) is 67.6 cm³/mol. The highest BCUT2D eigenvalue weighted by molar-refractivity contribution is 5.38. The first-order valence-electron chi connectivity index (χ1n) is 5.65. The molecule has 0 amide bonds. The Morgan fingerprint density at radius 3 is 2.00 bits per heavy atom. The first-order valence-corrected chi connectivity index (χ1v) is 5.65. The number of rotatable bonds is 1. The average Bonchev–Trinajstić information content (AvgIpc) is 2.14. The normalized spacial score (nSPS) is 10.3. The van der Waals surface area contributed by atoms with Crippen molar-refractivity contribution in [3.8, 4) is 5.75 Å². The van der Waals surface area contributed by atoms with E-state index in [0.717, 1.165) is 5.75 Å². The van der Waals surface area contributed by atoms with Crippen molar-refractivity contribution in [1.82, 2.24) is 0 Å². The molecule has 15 heavy (non-hydrogen) atoms. The van der Waals surface area contributed by atoms with Crippen LogP contribution >= 0.6 is 0 Å². The fourth-order valence-electron chi connectivity index (χ4n) is 1.16. The molecular weight excluding hydrogens is 184 g/mol. The minimum absolute atomic E-state index is 0.113. The second-order valence-corrected chi connectivity index (χ2v) is 4.41. The minimum atomic E-state index is -0.113. The summed E-state index contributed by atoms with van der Waals surface area (Å²) in [5.41, 5.74) is 2.40. The van der Waals surface area contributed by atoms with Crippen molar-refractivity contribution in [3.63, 3.8) is 0 Å². The molecule has 86 valence electrons. The number of aryl methyl sites for hydroxylation is 1. The number of benzene rings is 1. The number of hydrogen-bond donors (Lipinski definition) is 0. The van der Waals surface area contributed by atoms with Crippen LogP contribution in [0.5, 0.6) is 5.75 Å². The van der Waals surface area contributed by atoms with Crippen molar-refractivity contribution in [2.24, 2.45) is 0 Å². The molecule has 0 aliphatic rings. The van der Waals surface area contributed by atoms with Crippen molar-refractivity contribution in [3.05, 3.63) is 29.3 Å². The maximum Gasteiger partial charge on any atom is 0.123 e. The molecule has 1 aromatic carbocycles. The summed E-state index contributed by atoms with van der Waals surface area (Å²) in [6.07, 6.45) is 0. The van der Waals surface area contributed by atoms with E-state index in [1.807, 2.05) is 26.0 Å². The van der Waals surface area contributed by atoms with E-state index >= 15 is 0 Å². The SMILES string of the molecule is CC.Cc1cccc(OC(C)(C)C)c1C. The van der Waals surface area contributed by atoms with E-state index in [1.165, 1.54) is 11.1 Å². The maximum atomic E-state index is 5.81. The summed E-state index contributed by atoms with van der Waals surface area (Å²) in [4.78, 5) is 0. The Kier molecular flexibility index (Phi) is 5.41. The van der Waals surface area contributed by atoms with Crippen LogP contribution < -0.4 is 4.74 Å². The summed E-state index contributed by atoms with van der Waals surface area (Å²) in [5, 5.41) is 0. The summed E-state index contributed by atoms with van der Waals surface area (Å²) in [7, 11) is 0. The number of ether oxygens (including phenoxy) is 1. The van der Waals surface area contributed by atoms with Crippen LogP contribution in [-0.4, -0.2) is 5.60 Å². The van der Waals surface area contributed by atoms with Gasteiger partial charge in [0.2, 0.25) is 0 Å². The van der Waals surface area contributed by atoms with Crippen LogP contribution in [0.2, 0.25) is 0 Å². The standard InChI is InChI=1S/C12H18O.C2H6/c1-9-7-6-8-11(10(9)2)13-12(3,4)5;1-2/h6-8H,1-5H3;1-2H3. The summed E-state index contributed by atoms with van der Waals surface area (Å²) in [6.45, 7) is 14.4. The third kappa shape index (κ3) is 4.87. The zero-order valence-electron chi connectivity index (χ0n) is 11.1. The summed E-state index contributed by atoms with van der Waals surface area (Å²) < 4.78 is 5.81. The van der Waals surface area contributed by atoms with E-state index in [0.29, 0.717) is 0 Å². The van der Waals surface area contributed by atoms with Gasteiger partial charge in [-0.25, -0.2) is 0 Å². The molecule has 1 rings (SSSR count). The quantitative estimate of drug-likeness (QED) is 0.660. The molecule has 1 aromatic rings. The fourth-order valence-corrected chi connectivity index (χ4v) is 1.16. The lowest BCUT2D eigenvalue weighted by molar-refractivity contribution is 0.130. The van der Waals surface area contributed by atoms with E-state index in [-0.39, 0.29) is 5.60 Å². The highest BCUT2D eigenvalue weighted by Crippen LogP contribution is 2.24. The molecule has 0 aliphatic carbocycles. The van der Waals surface area contributed by atoms with Crippen molar-refractivity contribution in [2.45, 2.75) is 54.1 Å². The zero-order valence-corrected chi connectivity index (χ0v) is 11.1. The molecule has 0 N–H and O–H groups in total. The van der Waals surface area contributed by atoms with Crippen molar-refractivity contribution in [1.29, 1.82) is 0 Å². The topological polar surface area (TPSA) is 9.23 Å². The third-order valence-electron chi connectivity index (χ3n) is 1.97. The van der Waals surface area contributed by atoms with Gasteiger partial charge < -0.3 is 4.74 Å². The van der Waals surface area contributed by atoms with Crippen LogP contribution in [0.1, 0.15) is 45.7 Å². The Bertz CT molecular complexity index is 295. The Labute approximate surface area is 94.5 Å².